The summed E-state index contributed by atoms with van der Waals surface area (Å²) in [6, 6.07) is 8.58. The van der Waals surface area contributed by atoms with E-state index in [2.05, 4.69) is 15.6 Å². The first-order valence-electron chi connectivity index (χ1n) is 9.96. The maximum absolute atomic E-state index is 12.2. The van der Waals surface area contributed by atoms with E-state index in [1.54, 1.807) is 31.3 Å². The number of benzene rings is 1. The maximum Gasteiger partial charge on any atom is 0.190 e. The molecule has 1 saturated carbocycles. The monoisotopic (exact) mass is 523 g/mol. The van der Waals surface area contributed by atoms with Gasteiger partial charge in [0.05, 0.1) is 16.8 Å². The summed E-state index contributed by atoms with van der Waals surface area (Å²) in [6.07, 6.45) is 8.23. The second kappa shape index (κ2) is 14.2. The fourth-order valence-corrected chi connectivity index (χ4v) is 4.53. The van der Waals surface area contributed by atoms with Crippen molar-refractivity contribution in [3.63, 3.8) is 0 Å². The molecule has 1 aliphatic carbocycles. The van der Waals surface area contributed by atoms with E-state index in [9.17, 15) is 8.42 Å². The van der Waals surface area contributed by atoms with Crippen LogP contribution in [-0.4, -0.2) is 53.0 Å². The molecule has 0 unspecified atom stereocenters. The van der Waals surface area contributed by atoms with Crippen LogP contribution in [0, 0.1) is 0 Å². The summed E-state index contributed by atoms with van der Waals surface area (Å²) >= 11 is 0. The fraction of sp³-hybridized carbons (Fsp3) is 0.650. The van der Waals surface area contributed by atoms with Gasteiger partial charge in [0.25, 0.3) is 0 Å². The fourth-order valence-electron chi connectivity index (χ4n) is 3.20. The van der Waals surface area contributed by atoms with E-state index < -0.39 is 9.84 Å². The molecule has 160 valence electrons. The number of nitrogens with zero attached hydrogens (tertiary/aromatic N) is 1. The van der Waals surface area contributed by atoms with Crippen LogP contribution in [0.15, 0.2) is 40.2 Å². The van der Waals surface area contributed by atoms with E-state index in [-0.39, 0.29) is 29.7 Å². The zero-order valence-electron chi connectivity index (χ0n) is 16.7. The van der Waals surface area contributed by atoms with Crippen molar-refractivity contribution in [1.82, 2.24) is 10.6 Å². The first kappa shape index (κ1) is 25.2. The van der Waals surface area contributed by atoms with E-state index in [4.69, 9.17) is 4.74 Å². The van der Waals surface area contributed by atoms with Crippen molar-refractivity contribution in [2.45, 2.75) is 55.9 Å². The number of rotatable bonds is 10. The molecule has 6 nitrogen and oxygen atoms in total. The van der Waals surface area contributed by atoms with Crippen molar-refractivity contribution < 1.29 is 13.2 Å². The highest BCUT2D eigenvalue weighted by atomic mass is 127. The lowest BCUT2D eigenvalue weighted by Gasteiger charge is -2.22. The van der Waals surface area contributed by atoms with Crippen molar-refractivity contribution in [2.24, 2.45) is 4.99 Å². The Morgan fingerprint density at radius 2 is 1.71 bits per heavy atom. The van der Waals surface area contributed by atoms with E-state index in [0.717, 1.165) is 19.6 Å². The molecule has 1 aliphatic rings. The van der Waals surface area contributed by atoms with Crippen molar-refractivity contribution in [1.29, 1.82) is 0 Å². The molecule has 0 heterocycles. The number of aliphatic imine (C=N–C) groups is 1. The van der Waals surface area contributed by atoms with Gasteiger partial charge in [0.1, 0.15) is 0 Å². The number of hydrogen-bond donors (Lipinski definition) is 2. The Bertz CT molecular complexity index is 663. The van der Waals surface area contributed by atoms with E-state index >= 15 is 0 Å². The molecular formula is C20H34IN3O3S. The van der Waals surface area contributed by atoms with Crippen molar-refractivity contribution in [3.8, 4) is 0 Å². The van der Waals surface area contributed by atoms with Crippen molar-refractivity contribution in [2.75, 3.05) is 32.5 Å². The number of halogens is 1. The summed E-state index contributed by atoms with van der Waals surface area (Å²) in [5.41, 5.74) is 0. The van der Waals surface area contributed by atoms with Gasteiger partial charge in [0.15, 0.2) is 15.8 Å². The quantitative estimate of drug-likeness (QED) is 0.213. The molecule has 0 amide bonds. The normalized spacial score (nSPS) is 15.7. The average Bonchev–Trinajstić information content (AvgIpc) is 2.70. The predicted molar refractivity (Wildman–Crippen MR) is 125 cm³/mol. The summed E-state index contributed by atoms with van der Waals surface area (Å²) < 4.78 is 30.4. The number of hydrogen-bond acceptors (Lipinski definition) is 4. The standard InChI is InChI=1S/C20H33N3O3S.HI/c1-21-20(22-14-8-16-26-18-10-4-2-5-11-18)23-15-9-17-27(24,25)19-12-6-3-7-13-19;/h3,6-7,12-13,18H,2,4-5,8-11,14-17H2,1H3,(H2,21,22,23);1H. The zero-order chi connectivity index (χ0) is 19.4. The molecule has 0 atom stereocenters. The molecule has 8 heteroatoms. The van der Waals surface area contributed by atoms with Crippen LogP contribution in [0.2, 0.25) is 0 Å². The highest BCUT2D eigenvalue weighted by Gasteiger charge is 2.14. The second-order valence-corrected chi connectivity index (χ2v) is 9.00. The maximum atomic E-state index is 12.2. The first-order chi connectivity index (χ1) is 13.1. The minimum atomic E-state index is -3.22. The summed E-state index contributed by atoms with van der Waals surface area (Å²) in [5.74, 6) is 0.820. The van der Waals surface area contributed by atoms with Crippen LogP contribution in [0.1, 0.15) is 44.9 Å². The Hall–Kier alpha value is -0.870. The number of ether oxygens (including phenoxy) is 1. The van der Waals surface area contributed by atoms with Gasteiger partial charge in [-0.05, 0) is 37.8 Å². The molecule has 0 aliphatic heterocycles. The third-order valence-corrected chi connectivity index (χ3v) is 6.54. The molecule has 2 N–H and O–H groups in total. The lowest BCUT2D eigenvalue weighted by Crippen LogP contribution is -2.39. The van der Waals surface area contributed by atoms with Crippen LogP contribution >= 0.6 is 24.0 Å². The van der Waals surface area contributed by atoms with Crippen LogP contribution in [0.3, 0.4) is 0 Å². The van der Waals surface area contributed by atoms with E-state index in [0.29, 0.717) is 29.9 Å². The van der Waals surface area contributed by atoms with Gasteiger partial charge in [-0.2, -0.15) is 0 Å². The van der Waals surface area contributed by atoms with Crippen LogP contribution < -0.4 is 10.6 Å². The molecule has 0 radical (unpaired) electrons. The molecule has 1 aromatic rings. The minimum Gasteiger partial charge on any atom is -0.378 e. The molecule has 0 saturated heterocycles. The van der Waals surface area contributed by atoms with Gasteiger partial charge < -0.3 is 15.4 Å². The van der Waals surface area contributed by atoms with Gasteiger partial charge in [0, 0.05) is 26.7 Å². The van der Waals surface area contributed by atoms with Gasteiger partial charge in [0.2, 0.25) is 0 Å². The smallest absolute Gasteiger partial charge is 0.190 e. The zero-order valence-corrected chi connectivity index (χ0v) is 19.9. The third-order valence-electron chi connectivity index (χ3n) is 4.73. The SMILES string of the molecule is CN=C(NCCCOC1CCCCC1)NCCCS(=O)(=O)c1ccccc1.I. The highest BCUT2D eigenvalue weighted by Crippen LogP contribution is 2.20. The minimum absolute atomic E-state index is 0. The van der Waals surface area contributed by atoms with Gasteiger partial charge >= 0.3 is 0 Å². The molecule has 0 bridgehead atoms. The van der Waals surface area contributed by atoms with Crippen molar-refractivity contribution >= 4 is 39.8 Å². The van der Waals surface area contributed by atoms with E-state index in [1.165, 1.54) is 32.1 Å². The number of nitrogens with one attached hydrogen (secondary N) is 2. The molecular weight excluding hydrogens is 489 g/mol. The van der Waals surface area contributed by atoms with Crippen molar-refractivity contribution in [3.05, 3.63) is 30.3 Å². The third kappa shape index (κ3) is 9.56. The average molecular weight is 523 g/mol. The molecule has 1 fully saturated rings. The van der Waals surface area contributed by atoms with Crippen LogP contribution in [-0.2, 0) is 14.6 Å². The Kier molecular flexibility index (Phi) is 12.7. The van der Waals surface area contributed by atoms with Crippen LogP contribution in [0.25, 0.3) is 0 Å². The summed E-state index contributed by atoms with van der Waals surface area (Å²) in [6.45, 7) is 2.11. The Morgan fingerprint density at radius 3 is 2.36 bits per heavy atom. The van der Waals surface area contributed by atoms with E-state index in [1.807, 2.05) is 6.07 Å². The van der Waals surface area contributed by atoms with Gasteiger partial charge in [-0.1, -0.05) is 37.5 Å². The molecule has 0 spiro atoms. The van der Waals surface area contributed by atoms with Crippen LogP contribution in [0.5, 0.6) is 0 Å². The number of guanidine groups is 1. The second-order valence-electron chi connectivity index (χ2n) is 6.90. The summed E-state index contributed by atoms with van der Waals surface area (Å²) in [7, 11) is -1.50. The molecule has 2 rings (SSSR count). The lowest BCUT2D eigenvalue weighted by molar-refractivity contribution is 0.0277. The molecule has 0 aromatic heterocycles. The van der Waals surface area contributed by atoms with Gasteiger partial charge in [-0.15, -0.1) is 24.0 Å². The Labute approximate surface area is 186 Å². The largest absolute Gasteiger partial charge is 0.378 e. The molecule has 1 aromatic carbocycles. The van der Waals surface area contributed by atoms with Crippen LogP contribution in [0.4, 0.5) is 0 Å². The topological polar surface area (TPSA) is 79.8 Å². The van der Waals surface area contributed by atoms with Gasteiger partial charge in [-0.3, -0.25) is 4.99 Å². The Morgan fingerprint density at radius 1 is 1.07 bits per heavy atom. The highest BCUT2D eigenvalue weighted by molar-refractivity contribution is 14.0. The predicted octanol–water partition coefficient (Wildman–Crippen LogP) is 3.37. The summed E-state index contributed by atoms with van der Waals surface area (Å²) in [5, 5.41) is 6.41. The summed E-state index contributed by atoms with van der Waals surface area (Å²) in [4.78, 5) is 4.55. The Balaban J connectivity index is 0.00000392. The number of sulfone groups is 1. The lowest BCUT2D eigenvalue weighted by atomic mass is 9.98. The van der Waals surface area contributed by atoms with Gasteiger partial charge in [-0.25, -0.2) is 8.42 Å². The molecule has 28 heavy (non-hydrogen) atoms. The first-order valence-corrected chi connectivity index (χ1v) is 11.6.